The fraction of sp³-hybridized carbons (Fsp3) is 0.600. The van der Waals surface area contributed by atoms with Crippen LogP contribution in [0, 0.1) is 5.92 Å². The number of nitrogens with two attached hydrogens (primary N) is 1. The van der Waals surface area contributed by atoms with Gasteiger partial charge in [0.05, 0.1) is 0 Å². The van der Waals surface area contributed by atoms with Gasteiger partial charge in [-0.2, -0.15) is 0 Å². The van der Waals surface area contributed by atoms with Gasteiger partial charge in [0.1, 0.15) is 5.82 Å². The highest BCUT2D eigenvalue weighted by Gasteiger charge is 2.20. The number of amides is 1. The average Bonchev–Trinajstić information content (AvgIpc) is 2.45. The van der Waals surface area contributed by atoms with Crippen LogP contribution in [0.1, 0.15) is 37.0 Å². The number of anilines is 1. The Balaban J connectivity index is 2.15. The number of rotatable bonds is 5. The Hall–Kier alpha value is -1.62. The molecule has 1 fully saturated rings. The summed E-state index contributed by atoms with van der Waals surface area (Å²) >= 11 is 0. The van der Waals surface area contributed by atoms with E-state index < -0.39 is 5.91 Å². The third kappa shape index (κ3) is 3.70. The maximum absolute atomic E-state index is 11.3. The van der Waals surface area contributed by atoms with Crippen molar-refractivity contribution in [2.75, 3.05) is 24.5 Å². The Morgan fingerprint density at radius 2 is 2.20 bits per heavy atom. The number of hydrogen-bond acceptors (Lipinski definition) is 4. The van der Waals surface area contributed by atoms with Gasteiger partial charge in [-0.25, -0.2) is 4.98 Å². The lowest BCUT2D eigenvalue weighted by atomic mass is 9.97. The lowest BCUT2D eigenvalue weighted by Gasteiger charge is -2.33. The first-order valence-electron chi connectivity index (χ1n) is 7.31. The van der Waals surface area contributed by atoms with E-state index in [0.717, 1.165) is 25.5 Å². The van der Waals surface area contributed by atoms with Gasteiger partial charge in [0.2, 0.25) is 5.91 Å². The lowest BCUT2D eigenvalue weighted by molar-refractivity contribution is 0.1000. The summed E-state index contributed by atoms with van der Waals surface area (Å²) < 4.78 is 0. The van der Waals surface area contributed by atoms with Crippen LogP contribution in [-0.4, -0.2) is 36.6 Å². The highest BCUT2D eigenvalue weighted by molar-refractivity contribution is 5.93. The van der Waals surface area contributed by atoms with E-state index in [1.807, 2.05) is 0 Å². The van der Waals surface area contributed by atoms with Gasteiger partial charge in [0.25, 0.3) is 0 Å². The van der Waals surface area contributed by atoms with Gasteiger partial charge in [0, 0.05) is 24.3 Å². The monoisotopic (exact) mass is 276 g/mol. The molecule has 1 aromatic rings. The molecule has 2 rings (SSSR count). The molecular formula is C15H24N4O. The number of carbonyl (C=O) groups is 1. The largest absolute Gasteiger partial charge is 0.366 e. The van der Waals surface area contributed by atoms with E-state index in [0.29, 0.717) is 17.5 Å². The van der Waals surface area contributed by atoms with E-state index in [2.05, 4.69) is 29.0 Å². The Labute approximate surface area is 120 Å². The van der Waals surface area contributed by atoms with Crippen molar-refractivity contribution in [2.24, 2.45) is 11.7 Å². The van der Waals surface area contributed by atoms with Gasteiger partial charge in [0.15, 0.2) is 0 Å². The van der Waals surface area contributed by atoms with Crippen LogP contribution >= 0.6 is 0 Å². The van der Waals surface area contributed by atoms with E-state index in [1.165, 1.54) is 12.8 Å². The van der Waals surface area contributed by atoms with Crippen LogP contribution in [0.25, 0.3) is 0 Å². The number of nitrogens with one attached hydrogen (secondary N) is 1. The summed E-state index contributed by atoms with van der Waals surface area (Å²) in [5.74, 6) is 1.12. The SMILES string of the molecule is CC(C)N(CC1CCNCC1)c1cc(C(N)=O)ccn1. The van der Waals surface area contributed by atoms with Crippen LogP contribution < -0.4 is 16.0 Å². The van der Waals surface area contributed by atoms with E-state index >= 15 is 0 Å². The summed E-state index contributed by atoms with van der Waals surface area (Å²) in [6.45, 7) is 7.46. The summed E-state index contributed by atoms with van der Waals surface area (Å²) in [7, 11) is 0. The molecule has 5 heteroatoms. The van der Waals surface area contributed by atoms with Gasteiger partial charge >= 0.3 is 0 Å². The molecule has 110 valence electrons. The molecule has 0 aliphatic carbocycles. The lowest BCUT2D eigenvalue weighted by Crippen LogP contribution is -2.40. The van der Waals surface area contributed by atoms with Crippen LogP contribution in [0.3, 0.4) is 0 Å². The second kappa shape index (κ2) is 6.70. The van der Waals surface area contributed by atoms with Crippen LogP contribution in [-0.2, 0) is 0 Å². The second-order valence-corrected chi connectivity index (χ2v) is 5.71. The zero-order valence-corrected chi connectivity index (χ0v) is 12.3. The van der Waals surface area contributed by atoms with Gasteiger partial charge in [-0.05, 0) is 57.8 Å². The standard InChI is InChI=1S/C15H24N4O/c1-11(2)19(10-12-3-6-17-7-4-12)14-9-13(15(16)20)5-8-18-14/h5,8-9,11-12,17H,3-4,6-7,10H2,1-2H3,(H2,16,20). The van der Waals surface area contributed by atoms with Crippen LogP contribution in [0.15, 0.2) is 18.3 Å². The minimum absolute atomic E-state index is 0.348. The van der Waals surface area contributed by atoms with Gasteiger partial charge in [-0.15, -0.1) is 0 Å². The van der Waals surface area contributed by atoms with Crippen LogP contribution in [0.5, 0.6) is 0 Å². The number of aromatic nitrogens is 1. The third-order valence-electron chi connectivity index (χ3n) is 3.86. The Morgan fingerprint density at radius 3 is 2.80 bits per heavy atom. The van der Waals surface area contributed by atoms with Crippen molar-refractivity contribution in [2.45, 2.75) is 32.7 Å². The predicted octanol–water partition coefficient (Wildman–Crippen LogP) is 1.39. The Bertz CT molecular complexity index is 455. The van der Waals surface area contributed by atoms with E-state index in [-0.39, 0.29) is 0 Å². The van der Waals surface area contributed by atoms with E-state index in [4.69, 9.17) is 5.73 Å². The Kier molecular flexibility index (Phi) is 4.95. The van der Waals surface area contributed by atoms with Crippen molar-refractivity contribution < 1.29 is 4.79 Å². The second-order valence-electron chi connectivity index (χ2n) is 5.71. The van der Waals surface area contributed by atoms with Crippen molar-refractivity contribution in [3.8, 4) is 0 Å². The zero-order valence-electron chi connectivity index (χ0n) is 12.3. The topological polar surface area (TPSA) is 71.2 Å². The average molecular weight is 276 g/mol. The molecule has 0 radical (unpaired) electrons. The Morgan fingerprint density at radius 1 is 1.50 bits per heavy atom. The zero-order chi connectivity index (χ0) is 14.5. The number of pyridine rings is 1. The fourth-order valence-corrected chi connectivity index (χ4v) is 2.64. The maximum Gasteiger partial charge on any atom is 0.248 e. The molecule has 2 heterocycles. The number of hydrogen-bond donors (Lipinski definition) is 2. The van der Waals surface area contributed by atoms with Gasteiger partial charge < -0.3 is 16.0 Å². The molecule has 0 spiro atoms. The minimum Gasteiger partial charge on any atom is -0.366 e. The first-order chi connectivity index (χ1) is 9.58. The smallest absolute Gasteiger partial charge is 0.248 e. The summed E-state index contributed by atoms with van der Waals surface area (Å²) in [6.07, 6.45) is 4.05. The number of piperidine rings is 1. The molecule has 0 bridgehead atoms. The molecular weight excluding hydrogens is 252 g/mol. The van der Waals surface area contributed by atoms with Crippen molar-refractivity contribution in [3.05, 3.63) is 23.9 Å². The molecule has 0 unspecified atom stereocenters. The van der Waals surface area contributed by atoms with Crippen molar-refractivity contribution in [1.29, 1.82) is 0 Å². The molecule has 5 nitrogen and oxygen atoms in total. The molecule has 1 aliphatic rings. The quantitative estimate of drug-likeness (QED) is 0.852. The molecule has 1 saturated heterocycles. The first-order valence-corrected chi connectivity index (χ1v) is 7.31. The molecule has 0 aromatic carbocycles. The van der Waals surface area contributed by atoms with Crippen LogP contribution in [0.4, 0.5) is 5.82 Å². The van der Waals surface area contributed by atoms with Gasteiger partial charge in [-0.3, -0.25) is 4.79 Å². The van der Waals surface area contributed by atoms with Crippen molar-refractivity contribution in [3.63, 3.8) is 0 Å². The molecule has 1 amide bonds. The number of primary amides is 1. The third-order valence-corrected chi connectivity index (χ3v) is 3.86. The van der Waals surface area contributed by atoms with Gasteiger partial charge in [-0.1, -0.05) is 0 Å². The fourth-order valence-electron chi connectivity index (χ4n) is 2.64. The van der Waals surface area contributed by atoms with Crippen molar-refractivity contribution in [1.82, 2.24) is 10.3 Å². The summed E-state index contributed by atoms with van der Waals surface area (Å²) in [5.41, 5.74) is 5.87. The first kappa shape index (κ1) is 14.8. The minimum atomic E-state index is -0.403. The number of nitrogens with zero attached hydrogens (tertiary/aromatic N) is 2. The molecule has 1 aromatic heterocycles. The predicted molar refractivity (Wildman–Crippen MR) is 80.8 cm³/mol. The molecule has 20 heavy (non-hydrogen) atoms. The molecule has 0 saturated carbocycles. The summed E-state index contributed by atoms with van der Waals surface area (Å²) in [4.78, 5) is 18.0. The molecule has 3 N–H and O–H groups in total. The summed E-state index contributed by atoms with van der Waals surface area (Å²) in [5, 5.41) is 3.39. The van der Waals surface area contributed by atoms with Crippen LogP contribution in [0.2, 0.25) is 0 Å². The highest BCUT2D eigenvalue weighted by Crippen LogP contribution is 2.21. The maximum atomic E-state index is 11.3. The molecule has 1 aliphatic heterocycles. The van der Waals surface area contributed by atoms with E-state index in [1.54, 1.807) is 18.3 Å². The van der Waals surface area contributed by atoms with Crippen molar-refractivity contribution >= 4 is 11.7 Å². The molecule has 0 atom stereocenters. The van der Waals surface area contributed by atoms with E-state index in [9.17, 15) is 4.79 Å². The summed E-state index contributed by atoms with van der Waals surface area (Å²) in [6, 6.07) is 3.80. The highest BCUT2D eigenvalue weighted by atomic mass is 16.1. The normalized spacial score (nSPS) is 16.4. The number of carbonyl (C=O) groups excluding carboxylic acids is 1.